The Balaban J connectivity index is 1.37. The highest BCUT2D eigenvalue weighted by atomic mass is 32.1. The Morgan fingerprint density at radius 2 is 2.15 bits per heavy atom. The van der Waals surface area contributed by atoms with Gasteiger partial charge in [-0.1, -0.05) is 5.16 Å². The number of hydrogen-bond donors (Lipinski definition) is 5. The van der Waals surface area contributed by atoms with E-state index in [1.807, 2.05) is 4.90 Å². The third kappa shape index (κ3) is 5.05. The number of anilines is 3. The predicted molar refractivity (Wildman–Crippen MR) is 174 cm³/mol. The SMILES string of the molecule is CC(Nc1nc(-c2noc3c2COCC32CCCc3sc(N)c(C#N)c32)nc(N2CC(O)CC(C)(O)C2)c1C=N)C1CCCN1C. The summed E-state index contributed by atoms with van der Waals surface area (Å²) in [6.07, 6.45) is 5.33. The van der Waals surface area contributed by atoms with Crippen LogP contribution in [-0.4, -0.2) is 93.5 Å². The van der Waals surface area contributed by atoms with Crippen LogP contribution in [0.15, 0.2) is 4.52 Å². The molecule has 14 heteroatoms. The zero-order valence-corrected chi connectivity index (χ0v) is 27.3. The second kappa shape index (κ2) is 11.6. The summed E-state index contributed by atoms with van der Waals surface area (Å²) >= 11 is 1.46. The van der Waals surface area contributed by atoms with Crippen molar-refractivity contribution in [2.75, 3.05) is 49.2 Å². The lowest BCUT2D eigenvalue weighted by Crippen LogP contribution is -2.53. The maximum Gasteiger partial charge on any atom is 0.186 e. The van der Waals surface area contributed by atoms with Crippen LogP contribution in [0.1, 0.15) is 78.8 Å². The standard InChI is InChI=1S/C32H41N9O4S/c1-17(22-6-5-9-40(22)3)36-28-20(12-34)30(41-13-18(42)10-31(2,43)15-41)38-29(37-28)25-21-14-44-16-32(26(21)45-39-25)8-4-7-23-24(32)19(11-33)27(35)46-23/h12,17-18,22,34,42-43H,4-10,13-16,35H2,1-3H3,(H,36,37,38). The van der Waals surface area contributed by atoms with E-state index in [0.29, 0.717) is 57.7 Å². The molecule has 13 nitrogen and oxygen atoms in total. The molecule has 4 aliphatic rings. The van der Waals surface area contributed by atoms with E-state index in [-0.39, 0.29) is 32.2 Å². The fourth-order valence-corrected chi connectivity index (χ4v) is 9.34. The van der Waals surface area contributed by atoms with Crippen LogP contribution in [0.4, 0.5) is 16.6 Å². The van der Waals surface area contributed by atoms with Gasteiger partial charge in [-0.05, 0) is 59.5 Å². The first-order valence-corrected chi connectivity index (χ1v) is 16.8. The zero-order valence-electron chi connectivity index (χ0n) is 26.5. The average Bonchev–Trinajstić information content (AvgIpc) is 3.73. The van der Waals surface area contributed by atoms with Crippen LogP contribution in [0.5, 0.6) is 0 Å². The number of ether oxygens (including phenoxy) is 1. The van der Waals surface area contributed by atoms with Crippen molar-refractivity contribution in [3.8, 4) is 17.6 Å². The molecule has 1 spiro atoms. The molecule has 0 saturated carbocycles. The highest BCUT2D eigenvalue weighted by Crippen LogP contribution is 2.52. The van der Waals surface area contributed by atoms with E-state index in [2.05, 4.69) is 35.4 Å². The molecule has 3 aromatic heterocycles. The fraction of sp³-hybridized carbons (Fsp3) is 0.594. The van der Waals surface area contributed by atoms with E-state index >= 15 is 0 Å². The van der Waals surface area contributed by atoms with E-state index in [1.54, 1.807) is 6.92 Å². The Kier molecular flexibility index (Phi) is 7.80. The molecule has 0 bridgehead atoms. The quantitative estimate of drug-likeness (QED) is 0.246. The summed E-state index contributed by atoms with van der Waals surface area (Å²) in [6.45, 7) is 5.90. The molecule has 0 aromatic carbocycles. The Hall–Kier alpha value is -3.61. The topological polar surface area (TPSA) is 194 Å². The minimum absolute atomic E-state index is 0.0174. The van der Waals surface area contributed by atoms with Crippen LogP contribution in [0.2, 0.25) is 0 Å². The summed E-state index contributed by atoms with van der Waals surface area (Å²) in [5.74, 6) is 1.84. The van der Waals surface area contributed by atoms with Crippen molar-refractivity contribution in [3.63, 3.8) is 0 Å². The minimum atomic E-state index is -1.15. The van der Waals surface area contributed by atoms with Crippen molar-refractivity contribution >= 4 is 34.2 Å². The third-order valence-electron chi connectivity index (χ3n) is 10.2. The number of likely N-dealkylation sites (tertiary alicyclic amines) is 1. The van der Waals surface area contributed by atoms with Gasteiger partial charge >= 0.3 is 0 Å². The summed E-state index contributed by atoms with van der Waals surface area (Å²) in [6, 6.07) is 2.63. The number of aromatic nitrogens is 3. The van der Waals surface area contributed by atoms with E-state index < -0.39 is 17.1 Å². The first-order valence-electron chi connectivity index (χ1n) is 16.0. The van der Waals surface area contributed by atoms with Crippen LogP contribution >= 0.6 is 11.3 Å². The molecule has 244 valence electrons. The van der Waals surface area contributed by atoms with Gasteiger partial charge in [-0.15, -0.1) is 11.3 Å². The maximum absolute atomic E-state index is 11.0. The Morgan fingerprint density at radius 1 is 1.33 bits per heavy atom. The van der Waals surface area contributed by atoms with Gasteiger partial charge in [-0.2, -0.15) is 5.26 Å². The van der Waals surface area contributed by atoms with Crippen molar-refractivity contribution in [2.45, 2.75) is 88.2 Å². The van der Waals surface area contributed by atoms with Crippen LogP contribution in [0, 0.1) is 16.7 Å². The molecule has 6 heterocycles. The fourth-order valence-electron chi connectivity index (χ4n) is 8.18. The molecule has 1 aliphatic carbocycles. The molecule has 6 N–H and O–H groups in total. The van der Waals surface area contributed by atoms with Crippen LogP contribution in [0.3, 0.4) is 0 Å². The lowest BCUT2D eigenvalue weighted by atomic mass is 9.68. The second-order valence-corrected chi connectivity index (χ2v) is 14.8. The molecule has 7 rings (SSSR count). The molecule has 5 unspecified atom stereocenters. The Labute approximate surface area is 271 Å². The third-order valence-corrected chi connectivity index (χ3v) is 11.2. The van der Waals surface area contributed by atoms with Crippen molar-refractivity contribution in [2.24, 2.45) is 0 Å². The number of nitriles is 1. The van der Waals surface area contributed by atoms with Gasteiger partial charge in [0.2, 0.25) is 0 Å². The number of nitrogen functional groups attached to an aromatic ring is 1. The summed E-state index contributed by atoms with van der Waals surface area (Å²) < 4.78 is 12.4. The molecule has 0 radical (unpaired) electrons. The molecule has 0 amide bonds. The number of nitrogens with two attached hydrogens (primary N) is 1. The number of aliphatic hydroxyl groups is 2. The number of aryl methyl sites for hydroxylation is 1. The number of nitrogens with one attached hydrogen (secondary N) is 2. The Morgan fingerprint density at radius 3 is 2.87 bits per heavy atom. The smallest absolute Gasteiger partial charge is 0.186 e. The molecular weight excluding hydrogens is 606 g/mol. The lowest BCUT2D eigenvalue weighted by Gasteiger charge is -2.41. The predicted octanol–water partition coefficient (Wildman–Crippen LogP) is 3.01. The van der Waals surface area contributed by atoms with Gasteiger partial charge in [0.15, 0.2) is 17.3 Å². The molecule has 2 saturated heterocycles. The largest absolute Gasteiger partial charge is 0.391 e. The van der Waals surface area contributed by atoms with Gasteiger partial charge < -0.3 is 45.7 Å². The number of piperidine rings is 1. The number of aliphatic hydroxyl groups excluding tert-OH is 1. The molecule has 46 heavy (non-hydrogen) atoms. The number of likely N-dealkylation sites (N-methyl/N-ethyl adjacent to an activating group) is 1. The second-order valence-electron chi connectivity index (χ2n) is 13.7. The first kappa shape index (κ1) is 31.0. The van der Waals surface area contributed by atoms with Crippen LogP contribution in [-0.2, 0) is 23.2 Å². The van der Waals surface area contributed by atoms with Gasteiger partial charge in [-0.25, -0.2) is 9.97 Å². The highest BCUT2D eigenvalue weighted by molar-refractivity contribution is 7.16. The number of β-amino-alcohol motifs (C(OH)–C–C–N with tert-alkyl or cyclic N) is 2. The first-order chi connectivity index (χ1) is 22.0. The molecule has 3 aromatic rings. The number of rotatable bonds is 6. The molecule has 2 fully saturated rings. The lowest BCUT2D eigenvalue weighted by molar-refractivity contribution is -0.00811. The van der Waals surface area contributed by atoms with Gasteiger partial charge in [0.1, 0.15) is 22.7 Å². The zero-order chi connectivity index (χ0) is 32.4. The number of thiophene rings is 1. The van der Waals surface area contributed by atoms with E-state index in [9.17, 15) is 15.5 Å². The maximum atomic E-state index is 11.0. The molecule has 5 atom stereocenters. The van der Waals surface area contributed by atoms with Crippen molar-refractivity contribution in [1.29, 1.82) is 10.7 Å². The van der Waals surface area contributed by atoms with E-state index in [1.165, 1.54) is 17.6 Å². The minimum Gasteiger partial charge on any atom is -0.391 e. The highest BCUT2D eigenvalue weighted by Gasteiger charge is 2.50. The van der Waals surface area contributed by atoms with Gasteiger partial charge in [0.05, 0.1) is 47.0 Å². The van der Waals surface area contributed by atoms with Crippen molar-refractivity contribution < 1.29 is 19.5 Å². The Bertz CT molecular complexity index is 1710. The normalized spacial score (nSPS) is 28.5. The summed E-state index contributed by atoms with van der Waals surface area (Å²) in [5.41, 5.74) is 7.46. The summed E-state index contributed by atoms with van der Waals surface area (Å²) in [7, 11) is 2.12. The number of fused-ring (bicyclic) bond motifs is 4. The van der Waals surface area contributed by atoms with Crippen molar-refractivity contribution in [1.82, 2.24) is 20.0 Å². The van der Waals surface area contributed by atoms with E-state index in [4.69, 9.17) is 30.4 Å². The van der Waals surface area contributed by atoms with Crippen molar-refractivity contribution in [3.05, 3.63) is 32.9 Å². The summed E-state index contributed by atoms with van der Waals surface area (Å²) in [4.78, 5) is 15.2. The van der Waals surface area contributed by atoms with Crippen LogP contribution < -0.4 is 16.0 Å². The van der Waals surface area contributed by atoms with Gasteiger partial charge in [0.25, 0.3) is 0 Å². The number of nitrogens with zero attached hydrogens (tertiary/aromatic N) is 6. The van der Waals surface area contributed by atoms with Gasteiger partial charge in [-0.3, -0.25) is 0 Å². The summed E-state index contributed by atoms with van der Waals surface area (Å²) in [5, 5.41) is 48.8. The number of hydrogen-bond acceptors (Lipinski definition) is 14. The average molecular weight is 648 g/mol. The van der Waals surface area contributed by atoms with Gasteiger partial charge in [0, 0.05) is 48.2 Å². The molecular formula is C32H41N9O4S. The molecule has 3 aliphatic heterocycles. The van der Waals surface area contributed by atoms with Crippen LogP contribution in [0.25, 0.3) is 11.5 Å². The monoisotopic (exact) mass is 647 g/mol. The van der Waals surface area contributed by atoms with E-state index in [0.717, 1.165) is 54.7 Å².